The van der Waals surface area contributed by atoms with Gasteiger partial charge in [0.25, 0.3) is 5.56 Å². The van der Waals surface area contributed by atoms with Crippen LogP contribution >= 0.6 is 0 Å². The molecule has 1 N–H and O–H groups in total. The van der Waals surface area contributed by atoms with Crippen molar-refractivity contribution in [1.82, 2.24) is 20.0 Å². The van der Waals surface area contributed by atoms with Crippen molar-refractivity contribution >= 4 is 0 Å². The van der Waals surface area contributed by atoms with Crippen LogP contribution in [0.25, 0.3) is 0 Å². The maximum atomic E-state index is 12.2. The quantitative estimate of drug-likeness (QED) is 0.842. The van der Waals surface area contributed by atoms with Crippen LogP contribution in [-0.4, -0.2) is 59.6 Å². The number of rotatable bonds is 6. The molecule has 140 valence electrons. The van der Waals surface area contributed by atoms with E-state index < -0.39 is 0 Å². The fourth-order valence-corrected chi connectivity index (χ4v) is 3.47. The number of hydrogen-bond acceptors (Lipinski definition) is 5. The molecular formula is C19H32N4O2. The zero-order valence-electron chi connectivity index (χ0n) is 15.8. The molecule has 2 fully saturated rings. The van der Waals surface area contributed by atoms with Gasteiger partial charge in [0.05, 0.1) is 31.5 Å². The summed E-state index contributed by atoms with van der Waals surface area (Å²) in [5, 5.41) is 8.20. The van der Waals surface area contributed by atoms with Gasteiger partial charge in [0.2, 0.25) is 0 Å². The summed E-state index contributed by atoms with van der Waals surface area (Å²) in [6.07, 6.45) is 3.76. The molecular weight excluding hydrogens is 316 g/mol. The number of likely N-dealkylation sites (tertiary alicyclic amines) is 1. The van der Waals surface area contributed by atoms with Crippen molar-refractivity contribution in [3.63, 3.8) is 0 Å². The maximum absolute atomic E-state index is 12.2. The lowest BCUT2D eigenvalue weighted by Crippen LogP contribution is -2.53. The van der Waals surface area contributed by atoms with Crippen LogP contribution < -0.4 is 10.9 Å². The smallest absolute Gasteiger partial charge is 0.266 e. The zero-order chi connectivity index (χ0) is 17.9. The first kappa shape index (κ1) is 18.5. The van der Waals surface area contributed by atoms with Gasteiger partial charge in [-0.1, -0.05) is 27.2 Å². The minimum absolute atomic E-state index is 0.00805. The summed E-state index contributed by atoms with van der Waals surface area (Å²) in [4.78, 5) is 14.7. The number of ether oxygens (including phenoxy) is 1. The molecule has 0 saturated carbocycles. The van der Waals surface area contributed by atoms with E-state index >= 15 is 0 Å². The molecule has 0 bridgehead atoms. The predicted molar refractivity (Wildman–Crippen MR) is 99.0 cm³/mol. The van der Waals surface area contributed by atoms with Crippen molar-refractivity contribution in [1.29, 1.82) is 0 Å². The van der Waals surface area contributed by atoms with Gasteiger partial charge in [-0.05, 0) is 25.5 Å². The monoisotopic (exact) mass is 348 g/mol. The number of nitrogens with zero attached hydrogens (tertiary/aromatic N) is 3. The fourth-order valence-electron chi connectivity index (χ4n) is 3.47. The third-order valence-electron chi connectivity index (χ3n) is 5.26. The highest BCUT2D eigenvalue weighted by Gasteiger charge is 2.25. The van der Waals surface area contributed by atoms with Crippen LogP contribution in [0.3, 0.4) is 0 Å². The first-order valence-corrected chi connectivity index (χ1v) is 9.57. The average Bonchev–Trinajstić information content (AvgIpc) is 2.52. The van der Waals surface area contributed by atoms with E-state index in [-0.39, 0.29) is 11.0 Å². The van der Waals surface area contributed by atoms with Crippen molar-refractivity contribution in [3.05, 3.63) is 28.2 Å². The lowest BCUT2D eigenvalue weighted by molar-refractivity contribution is -0.00922. The molecule has 2 aliphatic rings. The van der Waals surface area contributed by atoms with E-state index in [1.807, 2.05) is 6.07 Å². The Bertz CT molecular complexity index is 619. The Balaban J connectivity index is 1.59. The normalized spacial score (nSPS) is 22.8. The van der Waals surface area contributed by atoms with Gasteiger partial charge in [-0.15, -0.1) is 0 Å². The molecule has 25 heavy (non-hydrogen) atoms. The second-order valence-electron chi connectivity index (χ2n) is 8.36. The molecule has 2 aliphatic heterocycles. The van der Waals surface area contributed by atoms with Crippen LogP contribution in [-0.2, 0) is 16.7 Å². The number of piperidine rings is 1. The highest BCUT2D eigenvalue weighted by atomic mass is 16.5. The largest absolute Gasteiger partial charge is 0.378 e. The molecule has 1 aromatic rings. The molecule has 3 heterocycles. The fraction of sp³-hybridized carbons (Fsp3) is 0.789. The lowest BCUT2D eigenvalue weighted by Gasteiger charge is -2.38. The van der Waals surface area contributed by atoms with Crippen LogP contribution in [0.2, 0.25) is 0 Å². The molecule has 0 spiro atoms. The Morgan fingerprint density at radius 1 is 1.24 bits per heavy atom. The van der Waals surface area contributed by atoms with Crippen molar-refractivity contribution in [2.24, 2.45) is 0 Å². The average molecular weight is 348 g/mol. The van der Waals surface area contributed by atoms with Crippen molar-refractivity contribution in [2.75, 3.05) is 32.8 Å². The summed E-state index contributed by atoms with van der Waals surface area (Å²) in [6.45, 7) is 11.7. The van der Waals surface area contributed by atoms with E-state index in [4.69, 9.17) is 4.74 Å². The van der Waals surface area contributed by atoms with Gasteiger partial charge in [-0.3, -0.25) is 9.69 Å². The molecule has 0 amide bonds. The van der Waals surface area contributed by atoms with E-state index in [2.05, 4.69) is 36.1 Å². The summed E-state index contributed by atoms with van der Waals surface area (Å²) in [5.41, 5.74) is 0.915. The van der Waals surface area contributed by atoms with Gasteiger partial charge in [0.15, 0.2) is 0 Å². The molecule has 1 aromatic heterocycles. The highest BCUT2D eigenvalue weighted by Crippen LogP contribution is 2.19. The van der Waals surface area contributed by atoms with Crippen LogP contribution in [0.5, 0.6) is 0 Å². The summed E-state index contributed by atoms with van der Waals surface area (Å²) in [5.74, 6) is 0. The van der Waals surface area contributed by atoms with Gasteiger partial charge in [0.1, 0.15) is 0 Å². The molecule has 1 unspecified atom stereocenters. The van der Waals surface area contributed by atoms with Gasteiger partial charge < -0.3 is 10.1 Å². The first-order valence-electron chi connectivity index (χ1n) is 9.57. The second kappa shape index (κ2) is 7.98. The molecule has 0 aliphatic carbocycles. The second-order valence-corrected chi connectivity index (χ2v) is 8.36. The van der Waals surface area contributed by atoms with Gasteiger partial charge in [-0.25, -0.2) is 4.68 Å². The molecule has 0 radical (unpaired) electrons. The Hall–Kier alpha value is -1.24. The summed E-state index contributed by atoms with van der Waals surface area (Å²) < 4.78 is 6.87. The molecule has 0 aromatic carbocycles. The van der Waals surface area contributed by atoms with E-state index in [1.54, 1.807) is 10.7 Å². The number of hydrogen-bond donors (Lipinski definition) is 1. The first-order chi connectivity index (χ1) is 11.9. The Morgan fingerprint density at radius 3 is 2.72 bits per heavy atom. The van der Waals surface area contributed by atoms with Gasteiger partial charge in [0, 0.05) is 30.6 Å². The van der Waals surface area contributed by atoms with Gasteiger partial charge >= 0.3 is 0 Å². The van der Waals surface area contributed by atoms with Crippen LogP contribution in [0, 0.1) is 0 Å². The minimum Gasteiger partial charge on any atom is -0.378 e. The van der Waals surface area contributed by atoms with Gasteiger partial charge in [-0.2, -0.15) is 5.10 Å². The predicted octanol–water partition coefficient (Wildman–Crippen LogP) is 1.38. The van der Waals surface area contributed by atoms with Crippen LogP contribution in [0.1, 0.15) is 45.7 Å². The third kappa shape index (κ3) is 4.90. The minimum atomic E-state index is -0.0438. The molecule has 3 rings (SSSR count). The Kier molecular flexibility index (Phi) is 5.92. The van der Waals surface area contributed by atoms with E-state index in [0.29, 0.717) is 18.6 Å². The van der Waals surface area contributed by atoms with Crippen LogP contribution in [0.4, 0.5) is 0 Å². The molecule has 6 nitrogen and oxygen atoms in total. The van der Waals surface area contributed by atoms with E-state index in [1.165, 1.54) is 19.3 Å². The topological polar surface area (TPSA) is 59.4 Å². The van der Waals surface area contributed by atoms with E-state index in [9.17, 15) is 4.79 Å². The SMILES string of the molecule is CC(C)(C)c1ccc(=O)n(CCN2CCCCC2CNC2COC2)n1. The number of aromatic nitrogens is 2. The molecule has 6 heteroatoms. The third-order valence-corrected chi connectivity index (χ3v) is 5.26. The highest BCUT2D eigenvalue weighted by molar-refractivity contribution is 5.10. The summed E-state index contributed by atoms with van der Waals surface area (Å²) >= 11 is 0. The lowest BCUT2D eigenvalue weighted by atomic mass is 9.92. The maximum Gasteiger partial charge on any atom is 0.266 e. The molecule has 1 atom stereocenters. The number of nitrogens with one attached hydrogen (secondary N) is 1. The van der Waals surface area contributed by atoms with Crippen molar-refractivity contribution < 1.29 is 4.74 Å². The van der Waals surface area contributed by atoms with Crippen LogP contribution in [0.15, 0.2) is 16.9 Å². The Labute approximate surface area is 150 Å². The zero-order valence-corrected chi connectivity index (χ0v) is 15.8. The summed E-state index contributed by atoms with van der Waals surface area (Å²) in [6, 6.07) is 4.58. The van der Waals surface area contributed by atoms with Crippen molar-refractivity contribution in [2.45, 2.75) is 64.1 Å². The standard InChI is InChI=1S/C19H32N4O2/c1-19(2,3)17-7-8-18(24)23(21-17)11-10-22-9-5-4-6-16(22)12-20-15-13-25-14-15/h7-8,15-16,20H,4-6,9-14H2,1-3H3. The van der Waals surface area contributed by atoms with E-state index in [0.717, 1.165) is 38.5 Å². The van der Waals surface area contributed by atoms with Crippen molar-refractivity contribution in [3.8, 4) is 0 Å². The Morgan fingerprint density at radius 2 is 2.04 bits per heavy atom. The molecule has 2 saturated heterocycles. The summed E-state index contributed by atoms with van der Waals surface area (Å²) in [7, 11) is 0.